The molecule has 0 aliphatic carbocycles. The highest BCUT2D eigenvalue weighted by Gasteiger charge is 2.23. The molecule has 0 saturated carbocycles. The first-order valence-electron chi connectivity index (χ1n) is 9.04. The van der Waals surface area contributed by atoms with Crippen molar-refractivity contribution < 1.29 is 22.7 Å². The topological polar surface area (TPSA) is 114 Å². The lowest BCUT2D eigenvalue weighted by Gasteiger charge is -2.15. The van der Waals surface area contributed by atoms with Gasteiger partial charge in [0, 0.05) is 17.8 Å². The van der Waals surface area contributed by atoms with E-state index in [4.69, 9.17) is 4.74 Å². The summed E-state index contributed by atoms with van der Waals surface area (Å²) in [5.41, 5.74) is 1.47. The van der Waals surface area contributed by atoms with Crippen LogP contribution in [0.25, 0.3) is 0 Å². The number of sulfonamides is 1. The van der Waals surface area contributed by atoms with E-state index in [2.05, 4.69) is 15.4 Å². The Hall–Kier alpha value is -3.07. The number of carbonyl (C=O) groups is 2. The molecule has 9 heteroatoms. The molecule has 2 aromatic carbocycles. The number of methoxy groups -OCH3 is 1. The number of benzene rings is 2. The fourth-order valence-electron chi connectivity index (χ4n) is 2.53. The van der Waals surface area contributed by atoms with E-state index in [1.54, 1.807) is 38.1 Å². The summed E-state index contributed by atoms with van der Waals surface area (Å²) in [5.74, 6) is -0.806. The van der Waals surface area contributed by atoms with Crippen molar-refractivity contribution in [2.45, 2.75) is 31.7 Å². The lowest BCUT2D eigenvalue weighted by atomic mass is 10.2. The van der Waals surface area contributed by atoms with Gasteiger partial charge in [-0.1, -0.05) is 17.7 Å². The molecule has 0 fully saturated rings. The van der Waals surface area contributed by atoms with E-state index < -0.39 is 22.0 Å². The zero-order valence-electron chi connectivity index (χ0n) is 16.8. The van der Waals surface area contributed by atoms with Crippen LogP contribution in [0.3, 0.4) is 0 Å². The molecular weight excluding hydrogens is 394 g/mol. The van der Waals surface area contributed by atoms with E-state index in [1.165, 1.54) is 25.3 Å². The lowest BCUT2D eigenvalue weighted by molar-refractivity contribution is -0.122. The third kappa shape index (κ3) is 5.71. The highest BCUT2D eigenvalue weighted by Crippen LogP contribution is 2.27. The maximum absolute atomic E-state index is 12.9. The molecule has 0 saturated heterocycles. The predicted molar refractivity (Wildman–Crippen MR) is 111 cm³/mol. The summed E-state index contributed by atoms with van der Waals surface area (Å²) >= 11 is 0. The van der Waals surface area contributed by atoms with Crippen molar-refractivity contribution in [3.63, 3.8) is 0 Å². The van der Waals surface area contributed by atoms with Gasteiger partial charge in [0.25, 0.3) is 15.9 Å². The molecule has 1 atom stereocenters. The number of aryl methyl sites for hydroxylation is 1. The molecule has 0 aliphatic heterocycles. The summed E-state index contributed by atoms with van der Waals surface area (Å²) < 4.78 is 33.4. The average Bonchev–Trinajstić information content (AvgIpc) is 2.69. The molecule has 3 N–H and O–H groups in total. The van der Waals surface area contributed by atoms with Gasteiger partial charge in [-0.15, -0.1) is 0 Å². The first kappa shape index (κ1) is 22.2. The zero-order chi connectivity index (χ0) is 21.6. The monoisotopic (exact) mass is 419 g/mol. The minimum absolute atomic E-state index is 0.0891. The maximum atomic E-state index is 12.9. The van der Waals surface area contributed by atoms with Crippen molar-refractivity contribution in [1.29, 1.82) is 0 Å². The molecule has 0 bridgehead atoms. The van der Waals surface area contributed by atoms with Crippen LogP contribution in [-0.4, -0.2) is 39.9 Å². The second-order valence-corrected chi connectivity index (χ2v) is 8.08. The van der Waals surface area contributed by atoms with Gasteiger partial charge < -0.3 is 15.4 Å². The number of hydrogen-bond acceptors (Lipinski definition) is 5. The standard InChI is InChI=1S/C20H25N3O5S/c1-5-21-19(24)14(3)22-20(25)15-8-11-17(28-4)18(12-15)29(26,27)23-16-9-6-13(2)7-10-16/h6-12,14,23H,5H2,1-4H3,(H,21,24)(H,22,25)/t14-/m0/s1. The van der Waals surface area contributed by atoms with Crippen LogP contribution >= 0.6 is 0 Å². The van der Waals surface area contributed by atoms with Crippen molar-refractivity contribution in [3.05, 3.63) is 53.6 Å². The highest BCUT2D eigenvalue weighted by molar-refractivity contribution is 7.92. The van der Waals surface area contributed by atoms with Crippen molar-refractivity contribution in [2.75, 3.05) is 18.4 Å². The van der Waals surface area contributed by atoms with Crippen molar-refractivity contribution in [3.8, 4) is 5.75 Å². The van der Waals surface area contributed by atoms with Gasteiger partial charge in [-0.25, -0.2) is 8.42 Å². The molecule has 0 heterocycles. The maximum Gasteiger partial charge on any atom is 0.265 e. The Balaban J connectivity index is 2.31. The summed E-state index contributed by atoms with van der Waals surface area (Å²) in [4.78, 5) is 24.1. The van der Waals surface area contributed by atoms with Gasteiger partial charge in [0.2, 0.25) is 5.91 Å². The Labute approximate surface area is 170 Å². The number of carbonyl (C=O) groups excluding carboxylic acids is 2. The second kappa shape index (κ2) is 9.42. The Bertz CT molecular complexity index is 988. The minimum atomic E-state index is -4.01. The van der Waals surface area contributed by atoms with Gasteiger partial charge in [-0.2, -0.15) is 0 Å². The number of ether oxygens (including phenoxy) is 1. The molecule has 0 aromatic heterocycles. The molecule has 0 spiro atoms. The van der Waals surface area contributed by atoms with Gasteiger partial charge >= 0.3 is 0 Å². The van der Waals surface area contributed by atoms with Crippen molar-refractivity contribution in [2.24, 2.45) is 0 Å². The van der Waals surface area contributed by atoms with E-state index in [9.17, 15) is 18.0 Å². The Kier molecular flexibility index (Phi) is 7.22. The van der Waals surface area contributed by atoms with Gasteiger partial charge in [-0.3, -0.25) is 14.3 Å². The van der Waals surface area contributed by atoms with Gasteiger partial charge in [0.1, 0.15) is 16.7 Å². The van der Waals surface area contributed by atoms with E-state index in [-0.39, 0.29) is 22.1 Å². The number of anilines is 1. The molecule has 29 heavy (non-hydrogen) atoms. The molecule has 156 valence electrons. The third-order valence-electron chi connectivity index (χ3n) is 4.11. The number of hydrogen-bond donors (Lipinski definition) is 3. The lowest BCUT2D eigenvalue weighted by Crippen LogP contribution is -2.44. The van der Waals surface area contributed by atoms with Crippen LogP contribution < -0.4 is 20.1 Å². The van der Waals surface area contributed by atoms with E-state index in [0.29, 0.717) is 12.2 Å². The number of rotatable bonds is 8. The van der Waals surface area contributed by atoms with E-state index in [0.717, 1.165) is 5.56 Å². The van der Waals surface area contributed by atoms with Crippen LogP contribution in [0.5, 0.6) is 5.75 Å². The first-order chi connectivity index (χ1) is 13.7. The zero-order valence-corrected chi connectivity index (χ0v) is 17.6. The molecule has 0 unspecified atom stereocenters. The number of nitrogens with one attached hydrogen (secondary N) is 3. The van der Waals surface area contributed by atoms with Crippen LogP contribution in [0.4, 0.5) is 5.69 Å². The molecule has 8 nitrogen and oxygen atoms in total. The predicted octanol–water partition coefficient (Wildman–Crippen LogP) is 2.06. The van der Waals surface area contributed by atoms with Crippen LogP contribution in [0.15, 0.2) is 47.4 Å². The summed E-state index contributed by atoms with van der Waals surface area (Å²) in [5, 5.41) is 5.15. The summed E-state index contributed by atoms with van der Waals surface area (Å²) in [6.07, 6.45) is 0. The van der Waals surface area contributed by atoms with Crippen LogP contribution in [-0.2, 0) is 14.8 Å². The van der Waals surface area contributed by atoms with Gasteiger partial charge in [-0.05, 0) is 51.1 Å². The smallest absolute Gasteiger partial charge is 0.265 e. The summed E-state index contributed by atoms with van der Waals surface area (Å²) in [7, 11) is -2.67. The molecular formula is C20H25N3O5S. The van der Waals surface area contributed by atoms with E-state index >= 15 is 0 Å². The summed E-state index contributed by atoms with van der Waals surface area (Å²) in [6, 6.07) is 10.1. The van der Waals surface area contributed by atoms with E-state index in [1.807, 2.05) is 6.92 Å². The summed E-state index contributed by atoms with van der Waals surface area (Å²) in [6.45, 7) is 5.65. The largest absolute Gasteiger partial charge is 0.495 e. The minimum Gasteiger partial charge on any atom is -0.495 e. The Morgan fingerprint density at radius 1 is 1.10 bits per heavy atom. The molecule has 2 rings (SSSR count). The molecule has 2 amide bonds. The van der Waals surface area contributed by atoms with Gasteiger partial charge in [0.05, 0.1) is 7.11 Å². The van der Waals surface area contributed by atoms with Crippen LogP contribution in [0.1, 0.15) is 29.8 Å². The number of likely N-dealkylation sites (N-methyl/N-ethyl adjacent to an activating group) is 1. The quantitative estimate of drug-likeness (QED) is 0.606. The SMILES string of the molecule is CCNC(=O)[C@H](C)NC(=O)c1ccc(OC)c(S(=O)(=O)Nc2ccc(C)cc2)c1. The fraction of sp³-hybridized carbons (Fsp3) is 0.300. The van der Waals surface area contributed by atoms with Crippen molar-refractivity contribution >= 4 is 27.5 Å². The van der Waals surface area contributed by atoms with Gasteiger partial charge in [0.15, 0.2) is 0 Å². The fourth-order valence-corrected chi connectivity index (χ4v) is 3.79. The van der Waals surface area contributed by atoms with Crippen molar-refractivity contribution in [1.82, 2.24) is 10.6 Å². The normalized spacial score (nSPS) is 12.0. The Morgan fingerprint density at radius 2 is 1.76 bits per heavy atom. The average molecular weight is 420 g/mol. The van der Waals surface area contributed by atoms with Crippen LogP contribution in [0, 0.1) is 6.92 Å². The molecule has 0 aliphatic rings. The molecule has 2 aromatic rings. The van der Waals surface area contributed by atoms with Crippen LogP contribution in [0.2, 0.25) is 0 Å². The first-order valence-corrected chi connectivity index (χ1v) is 10.5. The highest BCUT2D eigenvalue weighted by atomic mass is 32.2. The Morgan fingerprint density at radius 3 is 2.34 bits per heavy atom. The third-order valence-corrected chi connectivity index (χ3v) is 5.51. The number of amides is 2. The molecule has 0 radical (unpaired) electrons. The second-order valence-electron chi connectivity index (χ2n) is 6.43.